The Balaban J connectivity index is 2.76. The number of fused-ring (bicyclic) bond motifs is 1. The van der Waals surface area contributed by atoms with Crippen LogP contribution < -0.4 is 5.73 Å². The van der Waals surface area contributed by atoms with Gasteiger partial charge in [-0.1, -0.05) is 5.16 Å². The van der Waals surface area contributed by atoms with Crippen LogP contribution in [0.5, 0.6) is 0 Å². The summed E-state index contributed by atoms with van der Waals surface area (Å²) in [6.07, 6.45) is 3.05. The minimum absolute atomic E-state index is 0.498. The highest BCUT2D eigenvalue weighted by atomic mass is 16.4. The average molecular weight is 135 g/mol. The van der Waals surface area contributed by atoms with E-state index in [1.54, 1.807) is 6.07 Å². The fraction of sp³-hybridized carbons (Fsp3) is 0. The van der Waals surface area contributed by atoms with E-state index in [0.717, 1.165) is 11.3 Å². The second-order valence-electron chi connectivity index (χ2n) is 1.98. The van der Waals surface area contributed by atoms with E-state index in [1.165, 1.54) is 12.5 Å². The highest BCUT2D eigenvalue weighted by Crippen LogP contribution is 2.20. The average Bonchev–Trinajstić information content (AvgIpc) is 2.27. The van der Waals surface area contributed by atoms with Crippen molar-refractivity contribution in [3.8, 4) is 11.3 Å². The van der Waals surface area contributed by atoms with E-state index in [0.29, 0.717) is 5.82 Å². The van der Waals surface area contributed by atoms with Gasteiger partial charge in [-0.15, -0.1) is 0 Å². The molecule has 0 amide bonds. The molecular formula is C6H5N3O. The molecule has 2 aliphatic rings. The zero-order chi connectivity index (χ0) is 6.97. The number of hydrogen-bond donors (Lipinski definition) is 1. The fourth-order valence-corrected chi connectivity index (χ4v) is 0.835. The molecule has 0 bridgehead atoms. The molecule has 0 atom stereocenters. The predicted molar refractivity (Wildman–Crippen MR) is 35.3 cm³/mol. The van der Waals surface area contributed by atoms with Gasteiger partial charge in [0.15, 0.2) is 0 Å². The smallest absolute Gasteiger partial charge is 0.131 e. The van der Waals surface area contributed by atoms with Crippen LogP contribution in [0, 0.1) is 0 Å². The van der Waals surface area contributed by atoms with Crippen molar-refractivity contribution in [1.29, 1.82) is 0 Å². The Kier molecular flexibility index (Phi) is 0.887. The fourth-order valence-electron chi connectivity index (χ4n) is 0.835. The third-order valence-electron chi connectivity index (χ3n) is 1.26. The lowest BCUT2D eigenvalue weighted by atomic mass is 10.3. The van der Waals surface area contributed by atoms with Gasteiger partial charge in [0.1, 0.15) is 12.1 Å². The molecule has 0 spiro atoms. The van der Waals surface area contributed by atoms with Crippen molar-refractivity contribution in [2.24, 2.45) is 0 Å². The Labute approximate surface area is 57.0 Å². The van der Waals surface area contributed by atoms with Gasteiger partial charge in [0.2, 0.25) is 0 Å². The SMILES string of the molecule is Nc1cc2concc-2n1. The summed E-state index contributed by atoms with van der Waals surface area (Å²) in [5, 5.41) is 3.53. The summed E-state index contributed by atoms with van der Waals surface area (Å²) in [6.45, 7) is 0. The van der Waals surface area contributed by atoms with Gasteiger partial charge in [-0.25, -0.2) is 4.98 Å². The third kappa shape index (κ3) is 0.621. The summed E-state index contributed by atoms with van der Waals surface area (Å²) in [6, 6.07) is 1.74. The number of nitrogen functional groups attached to an aromatic ring is 1. The van der Waals surface area contributed by atoms with Crippen molar-refractivity contribution in [1.82, 2.24) is 10.1 Å². The molecule has 4 nitrogen and oxygen atoms in total. The molecule has 0 aliphatic carbocycles. The van der Waals surface area contributed by atoms with Crippen LogP contribution >= 0.6 is 0 Å². The van der Waals surface area contributed by atoms with Gasteiger partial charge >= 0.3 is 0 Å². The Morgan fingerprint density at radius 2 is 2.40 bits per heavy atom. The number of nitrogens with zero attached hydrogens (tertiary/aromatic N) is 2. The van der Waals surface area contributed by atoms with Crippen LogP contribution in [0.3, 0.4) is 0 Å². The molecule has 0 aromatic carbocycles. The van der Waals surface area contributed by atoms with Crippen molar-refractivity contribution < 1.29 is 4.52 Å². The van der Waals surface area contributed by atoms with Crippen LogP contribution in [0.4, 0.5) is 5.82 Å². The second kappa shape index (κ2) is 1.70. The molecule has 50 valence electrons. The second-order valence-corrected chi connectivity index (χ2v) is 1.98. The Morgan fingerprint density at radius 3 is 3.20 bits per heavy atom. The number of aromatic nitrogens is 2. The maximum Gasteiger partial charge on any atom is 0.131 e. The topological polar surface area (TPSA) is 64.9 Å². The first kappa shape index (κ1) is 5.22. The van der Waals surface area contributed by atoms with Gasteiger partial charge in [-0.2, -0.15) is 0 Å². The van der Waals surface area contributed by atoms with E-state index in [4.69, 9.17) is 5.73 Å². The lowest BCUT2D eigenvalue weighted by Crippen LogP contribution is -1.81. The Hall–Kier alpha value is -1.58. The first-order valence-electron chi connectivity index (χ1n) is 2.82. The first-order valence-corrected chi connectivity index (χ1v) is 2.82. The van der Waals surface area contributed by atoms with E-state index in [1.807, 2.05) is 0 Å². The largest absolute Gasteiger partial charge is 0.384 e. The number of hydrogen-bond acceptors (Lipinski definition) is 4. The highest BCUT2D eigenvalue weighted by Gasteiger charge is 2.05. The van der Waals surface area contributed by atoms with Crippen molar-refractivity contribution in [2.45, 2.75) is 0 Å². The van der Waals surface area contributed by atoms with E-state index in [-0.39, 0.29) is 0 Å². The van der Waals surface area contributed by atoms with Gasteiger partial charge in [0.05, 0.1) is 11.9 Å². The third-order valence-corrected chi connectivity index (χ3v) is 1.26. The van der Waals surface area contributed by atoms with E-state index in [2.05, 4.69) is 14.7 Å². The first-order chi connectivity index (χ1) is 4.86. The Morgan fingerprint density at radius 1 is 1.50 bits per heavy atom. The summed E-state index contributed by atoms with van der Waals surface area (Å²) < 4.78 is 4.66. The van der Waals surface area contributed by atoms with Crippen LogP contribution in [0.25, 0.3) is 11.3 Å². The number of anilines is 1. The summed E-state index contributed by atoms with van der Waals surface area (Å²) in [5.41, 5.74) is 7.06. The van der Waals surface area contributed by atoms with Gasteiger partial charge in [-0.05, 0) is 6.07 Å². The van der Waals surface area contributed by atoms with Gasteiger partial charge in [0.25, 0.3) is 0 Å². The molecule has 0 aromatic rings. The summed E-state index contributed by atoms with van der Waals surface area (Å²) in [7, 11) is 0. The molecule has 0 unspecified atom stereocenters. The quantitative estimate of drug-likeness (QED) is 0.579. The normalized spacial score (nSPS) is 10.4. The zero-order valence-corrected chi connectivity index (χ0v) is 5.11. The predicted octanol–water partition coefficient (Wildman–Crippen LogP) is 0.757. The molecule has 2 rings (SSSR count). The zero-order valence-electron chi connectivity index (χ0n) is 5.11. The maximum atomic E-state index is 5.41. The molecule has 2 N–H and O–H groups in total. The van der Waals surface area contributed by atoms with Crippen LogP contribution in [0.2, 0.25) is 0 Å². The van der Waals surface area contributed by atoms with E-state index >= 15 is 0 Å². The van der Waals surface area contributed by atoms with Crippen molar-refractivity contribution in [2.75, 3.05) is 5.73 Å². The standard InChI is InChI=1S/C6H5N3O/c7-6-1-4-3-10-8-2-5(4)9-6/h1-3H,7H2. The summed E-state index contributed by atoms with van der Waals surface area (Å²) in [5.74, 6) is 0.498. The molecule has 2 aliphatic heterocycles. The van der Waals surface area contributed by atoms with Crippen molar-refractivity contribution in [3.63, 3.8) is 0 Å². The maximum absolute atomic E-state index is 5.41. The summed E-state index contributed by atoms with van der Waals surface area (Å²) >= 11 is 0. The molecule has 10 heavy (non-hydrogen) atoms. The number of rotatable bonds is 0. The molecule has 0 fully saturated rings. The van der Waals surface area contributed by atoms with Crippen LogP contribution in [-0.4, -0.2) is 10.1 Å². The molecule has 4 heteroatoms. The lowest BCUT2D eigenvalue weighted by molar-refractivity contribution is 0.400. The van der Waals surface area contributed by atoms with Gasteiger partial charge in [-0.3, -0.25) is 0 Å². The highest BCUT2D eigenvalue weighted by molar-refractivity contribution is 5.64. The Bertz CT molecular complexity index is 287. The van der Waals surface area contributed by atoms with Crippen molar-refractivity contribution >= 4 is 5.82 Å². The lowest BCUT2D eigenvalue weighted by Gasteiger charge is -1.88. The minimum atomic E-state index is 0.498. The van der Waals surface area contributed by atoms with Crippen LogP contribution in [0.15, 0.2) is 23.0 Å². The van der Waals surface area contributed by atoms with Crippen LogP contribution in [0.1, 0.15) is 0 Å². The molecule has 0 aromatic heterocycles. The molecular weight excluding hydrogens is 130 g/mol. The summed E-state index contributed by atoms with van der Waals surface area (Å²) in [4.78, 5) is 3.97. The van der Waals surface area contributed by atoms with Gasteiger partial charge in [0, 0.05) is 5.56 Å². The van der Waals surface area contributed by atoms with Gasteiger partial charge < -0.3 is 10.3 Å². The minimum Gasteiger partial charge on any atom is -0.384 e. The molecule has 0 saturated heterocycles. The molecule has 0 radical (unpaired) electrons. The monoisotopic (exact) mass is 135 g/mol. The van der Waals surface area contributed by atoms with Crippen molar-refractivity contribution in [3.05, 3.63) is 18.5 Å². The molecule has 0 saturated carbocycles. The van der Waals surface area contributed by atoms with E-state index < -0.39 is 0 Å². The van der Waals surface area contributed by atoms with Crippen LogP contribution in [-0.2, 0) is 0 Å². The number of nitrogens with two attached hydrogens (primary N) is 1. The van der Waals surface area contributed by atoms with E-state index in [9.17, 15) is 0 Å². The molecule has 2 heterocycles.